The number of nitrogens with two attached hydrogens (primary N) is 1. The van der Waals surface area contributed by atoms with Crippen LogP contribution in [0.15, 0.2) is 12.1 Å². The fourth-order valence-electron chi connectivity index (χ4n) is 4.10. The molecule has 0 aliphatic carbocycles. The van der Waals surface area contributed by atoms with E-state index in [4.69, 9.17) is 24.8 Å². The Kier molecular flexibility index (Phi) is 4.60. The van der Waals surface area contributed by atoms with Crippen LogP contribution in [0.25, 0.3) is 0 Å². The van der Waals surface area contributed by atoms with Crippen molar-refractivity contribution in [2.45, 2.75) is 44.2 Å². The van der Waals surface area contributed by atoms with E-state index in [0.29, 0.717) is 23.4 Å². The van der Waals surface area contributed by atoms with Crippen molar-refractivity contribution in [3.63, 3.8) is 0 Å². The number of amides is 1. The monoisotopic (exact) mass is 407 g/mol. The SMILES string of the molecule is CC(=O)Oc1cc(CO)cc2c1C(COC(N)=O)C1(OC(C)=O)ON2CC2NC21. The van der Waals surface area contributed by atoms with Crippen molar-refractivity contribution < 1.29 is 38.5 Å². The predicted octanol–water partition coefficient (Wildman–Crippen LogP) is -0.352. The van der Waals surface area contributed by atoms with Gasteiger partial charge < -0.3 is 30.4 Å². The highest BCUT2D eigenvalue weighted by Crippen LogP contribution is 2.55. The van der Waals surface area contributed by atoms with E-state index in [-0.39, 0.29) is 31.0 Å². The van der Waals surface area contributed by atoms with Gasteiger partial charge in [0.25, 0.3) is 5.79 Å². The van der Waals surface area contributed by atoms with Crippen LogP contribution >= 0.6 is 0 Å². The number of aliphatic hydroxyl groups is 1. The lowest BCUT2D eigenvalue weighted by molar-refractivity contribution is -0.263. The number of ether oxygens (including phenoxy) is 3. The fourth-order valence-corrected chi connectivity index (χ4v) is 4.10. The third-order valence-corrected chi connectivity index (χ3v) is 5.15. The minimum Gasteiger partial charge on any atom is -0.449 e. The molecule has 29 heavy (non-hydrogen) atoms. The molecule has 156 valence electrons. The first-order valence-corrected chi connectivity index (χ1v) is 9.05. The van der Waals surface area contributed by atoms with Gasteiger partial charge in [-0.15, -0.1) is 0 Å². The molecule has 3 aliphatic rings. The largest absolute Gasteiger partial charge is 0.449 e. The molecule has 11 heteroatoms. The number of nitrogens with one attached hydrogen (secondary N) is 1. The molecule has 4 unspecified atom stereocenters. The Morgan fingerprint density at radius 3 is 2.72 bits per heavy atom. The number of hydrogen-bond acceptors (Lipinski definition) is 10. The second-order valence-corrected chi connectivity index (χ2v) is 7.18. The summed E-state index contributed by atoms with van der Waals surface area (Å²) in [7, 11) is 0. The molecule has 0 aromatic heterocycles. The first kappa shape index (κ1) is 19.4. The molecule has 4 N–H and O–H groups in total. The number of nitrogens with zero attached hydrogens (tertiary/aromatic N) is 1. The summed E-state index contributed by atoms with van der Waals surface area (Å²) in [6.45, 7) is 2.36. The van der Waals surface area contributed by atoms with Crippen LogP contribution < -0.4 is 20.9 Å². The Hall–Kier alpha value is -2.89. The predicted molar refractivity (Wildman–Crippen MR) is 95.6 cm³/mol. The standard InChI is InChI=1S/C18H21N3O8/c1-8(23)27-14-4-10(6-22)3-13-15(14)11(7-26-17(19)25)18(28-9(2)24)16-12(20-16)5-21(13)29-18/h3-4,11-12,16,20,22H,5-7H2,1-2H3,(H2,19,25). The number of aliphatic hydroxyl groups excluding tert-OH is 1. The summed E-state index contributed by atoms with van der Waals surface area (Å²) in [5, 5.41) is 14.4. The number of hydrogen-bond donors (Lipinski definition) is 3. The smallest absolute Gasteiger partial charge is 0.404 e. The summed E-state index contributed by atoms with van der Waals surface area (Å²) in [5.74, 6) is -3.37. The minimum atomic E-state index is -1.52. The quantitative estimate of drug-likeness (QED) is 0.334. The second kappa shape index (κ2) is 6.87. The highest BCUT2D eigenvalue weighted by molar-refractivity contribution is 5.74. The molecule has 0 radical (unpaired) electrons. The topological polar surface area (TPSA) is 160 Å². The normalized spacial score (nSPS) is 28.7. The highest BCUT2D eigenvalue weighted by atomic mass is 16.8. The molecule has 1 aromatic carbocycles. The Bertz CT molecular complexity index is 890. The lowest BCUT2D eigenvalue weighted by atomic mass is 9.82. The molecule has 3 aliphatic heterocycles. The zero-order valence-corrected chi connectivity index (χ0v) is 15.8. The molecule has 0 saturated carbocycles. The van der Waals surface area contributed by atoms with Gasteiger partial charge in [-0.05, 0) is 17.7 Å². The molecule has 2 fully saturated rings. The molecule has 1 amide bonds. The Balaban J connectivity index is 1.90. The number of benzene rings is 1. The maximum atomic E-state index is 11.9. The number of carbonyl (C=O) groups is 3. The number of anilines is 1. The van der Waals surface area contributed by atoms with E-state index in [1.54, 1.807) is 6.07 Å². The maximum Gasteiger partial charge on any atom is 0.404 e. The van der Waals surface area contributed by atoms with Crippen molar-refractivity contribution in [2.75, 3.05) is 18.2 Å². The third-order valence-electron chi connectivity index (χ3n) is 5.15. The molecular formula is C18H21N3O8. The van der Waals surface area contributed by atoms with Gasteiger partial charge in [0.15, 0.2) is 0 Å². The average Bonchev–Trinajstić information content (AvgIpc) is 3.40. The number of rotatable bonds is 5. The Labute approximate surface area is 165 Å². The van der Waals surface area contributed by atoms with Crippen LogP contribution in [0.5, 0.6) is 5.75 Å². The van der Waals surface area contributed by atoms with Crippen LogP contribution in [0.3, 0.4) is 0 Å². The van der Waals surface area contributed by atoms with Crippen molar-refractivity contribution in [3.05, 3.63) is 23.3 Å². The Morgan fingerprint density at radius 1 is 1.34 bits per heavy atom. The zero-order valence-electron chi connectivity index (χ0n) is 15.8. The number of carbonyl (C=O) groups excluding carboxylic acids is 3. The van der Waals surface area contributed by atoms with E-state index in [0.717, 1.165) is 0 Å². The zero-order chi connectivity index (χ0) is 20.9. The van der Waals surface area contributed by atoms with Gasteiger partial charge in [0.05, 0.1) is 30.8 Å². The van der Waals surface area contributed by atoms with Crippen molar-refractivity contribution >= 4 is 23.7 Å². The second-order valence-electron chi connectivity index (χ2n) is 7.18. The summed E-state index contributed by atoms with van der Waals surface area (Å²) in [6, 6.07) is 2.82. The fraction of sp³-hybridized carbons (Fsp3) is 0.500. The van der Waals surface area contributed by atoms with E-state index in [9.17, 15) is 19.5 Å². The van der Waals surface area contributed by atoms with Gasteiger partial charge in [-0.3, -0.25) is 9.59 Å². The summed E-state index contributed by atoms with van der Waals surface area (Å²) in [4.78, 5) is 41.0. The van der Waals surface area contributed by atoms with Gasteiger partial charge in [0.1, 0.15) is 12.4 Å². The van der Waals surface area contributed by atoms with Crippen LogP contribution in [0.2, 0.25) is 0 Å². The number of hydroxylamine groups is 1. The molecule has 1 aromatic rings. The van der Waals surface area contributed by atoms with Gasteiger partial charge in [-0.2, -0.15) is 0 Å². The van der Waals surface area contributed by atoms with Crippen LogP contribution in [0, 0.1) is 0 Å². The first-order chi connectivity index (χ1) is 13.7. The van der Waals surface area contributed by atoms with E-state index in [1.165, 1.54) is 25.0 Å². The number of fused-ring (bicyclic) bond motifs is 6. The summed E-state index contributed by atoms with van der Waals surface area (Å²) in [5.41, 5.74) is 6.62. The van der Waals surface area contributed by atoms with Crippen molar-refractivity contribution in [1.29, 1.82) is 0 Å². The lowest BCUT2D eigenvalue weighted by Gasteiger charge is -2.49. The summed E-state index contributed by atoms with van der Waals surface area (Å²) < 4.78 is 16.1. The van der Waals surface area contributed by atoms with Crippen LogP contribution in [-0.2, 0) is 30.5 Å². The van der Waals surface area contributed by atoms with Gasteiger partial charge in [-0.1, -0.05) is 0 Å². The molecule has 2 saturated heterocycles. The van der Waals surface area contributed by atoms with E-state index >= 15 is 0 Å². The van der Waals surface area contributed by atoms with Crippen molar-refractivity contribution in [1.82, 2.24) is 5.32 Å². The molecular weight excluding hydrogens is 386 g/mol. The minimum absolute atomic E-state index is 0.0257. The maximum absolute atomic E-state index is 11.9. The molecule has 4 atom stereocenters. The summed E-state index contributed by atoms with van der Waals surface area (Å²) >= 11 is 0. The first-order valence-electron chi connectivity index (χ1n) is 9.05. The van der Waals surface area contributed by atoms with Crippen molar-refractivity contribution in [3.8, 4) is 5.75 Å². The third kappa shape index (κ3) is 3.26. The van der Waals surface area contributed by atoms with Gasteiger partial charge in [0.2, 0.25) is 0 Å². The lowest BCUT2D eigenvalue weighted by Crippen LogP contribution is -2.61. The van der Waals surface area contributed by atoms with Crippen LogP contribution in [0.4, 0.5) is 10.5 Å². The average molecular weight is 407 g/mol. The molecule has 4 rings (SSSR count). The van der Waals surface area contributed by atoms with E-state index < -0.39 is 29.7 Å². The summed E-state index contributed by atoms with van der Waals surface area (Å²) in [6.07, 6.45) is -1.01. The van der Waals surface area contributed by atoms with E-state index in [2.05, 4.69) is 5.32 Å². The Morgan fingerprint density at radius 2 is 2.10 bits per heavy atom. The number of esters is 2. The molecule has 3 heterocycles. The van der Waals surface area contributed by atoms with Gasteiger partial charge >= 0.3 is 18.0 Å². The molecule has 0 spiro atoms. The molecule has 2 bridgehead atoms. The molecule has 11 nitrogen and oxygen atoms in total. The van der Waals surface area contributed by atoms with Crippen molar-refractivity contribution in [2.24, 2.45) is 5.73 Å². The number of primary amides is 1. The highest BCUT2D eigenvalue weighted by Gasteiger charge is 2.68. The van der Waals surface area contributed by atoms with Gasteiger partial charge in [0, 0.05) is 25.5 Å². The van der Waals surface area contributed by atoms with Crippen LogP contribution in [0.1, 0.15) is 30.9 Å². The van der Waals surface area contributed by atoms with Gasteiger partial charge in [-0.25, -0.2) is 14.7 Å². The van der Waals surface area contributed by atoms with E-state index in [1.807, 2.05) is 0 Å². The van der Waals surface area contributed by atoms with Crippen LogP contribution in [-0.4, -0.2) is 54.2 Å².